The second-order valence-electron chi connectivity index (χ2n) is 18.3. The molecule has 17 atom stereocenters. The maximum absolute atomic E-state index is 11.2. The van der Waals surface area contributed by atoms with Crippen molar-refractivity contribution >= 4 is 0 Å². The van der Waals surface area contributed by atoms with Gasteiger partial charge in [-0.15, -0.1) is 0 Å². The highest BCUT2D eigenvalue weighted by atomic mass is 16.7. The summed E-state index contributed by atoms with van der Waals surface area (Å²) in [6, 6.07) is 0. The van der Waals surface area contributed by atoms with E-state index < -0.39 is 61.2 Å². The first-order valence-electron chi connectivity index (χ1n) is 18.0. The highest BCUT2D eigenvalue weighted by Crippen LogP contribution is 2.91. The molecule has 1 saturated heterocycles. The third-order valence-corrected chi connectivity index (χ3v) is 15.6. The molecule has 0 amide bonds. The molecular weight excluding hydrogens is 592 g/mol. The molecule has 0 aromatic heterocycles. The zero-order chi connectivity index (χ0) is 34.0. The van der Waals surface area contributed by atoms with E-state index >= 15 is 0 Å². The Balaban J connectivity index is 1.35. The van der Waals surface area contributed by atoms with Crippen LogP contribution in [0.3, 0.4) is 0 Å². The van der Waals surface area contributed by atoms with Gasteiger partial charge in [0.15, 0.2) is 6.29 Å². The molecule has 0 spiro atoms. The minimum Gasteiger partial charge on any atom is -0.394 e. The maximum atomic E-state index is 11.2. The first-order chi connectivity index (χ1) is 21.2. The number of hydrogen-bond acceptors (Lipinski definition) is 10. The topological polar surface area (TPSA) is 180 Å². The van der Waals surface area contributed by atoms with Crippen LogP contribution in [0.4, 0.5) is 0 Å². The predicted molar refractivity (Wildman–Crippen MR) is 169 cm³/mol. The fourth-order valence-corrected chi connectivity index (χ4v) is 13.1. The summed E-state index contributed by atoms with van der Waals surface area (Å²) in [5.74, 6) is 0.913. The molecule has 8 N–H and O–H groups in total. The third kappa shape index (κ3) is 4.71. The van der Waals surface area contributed by atoms with Gasteiger partial charge in [-0.05, 0) is 117 Å². The lowest BCUT2D eigenvalue weighted by molar-refractivity contribution is -0.344. The van der Waals surface area contributed by atoms with Gasteiger partial charge in [-0.2, -0.15) is 0 Å². The fraction of sp³-hybridized carbons (Fsp3) is 1.00. The number of ether oxygens (including phenoxy) is 2. The Kier molecular flexibility index (Phi) is 8.71. The number of aliphatic hydroxyl groups is 8. The van der Waals surface area contributed by atoms with Crippen molar-refractivity contribution in [3.63, 3.8) is 0 Å². The zero-order valence-corrected chi connectivity index (χ0v) is 29.0. The van der Waals surface area contributed by atoms with Crippen molar-refractivity contribution in [1.82, 2.24) is 0 Å². The van der Waals surface area contributed by atoms with E-state index in [4.69, 9.17) is 9.47 Å². The van der Waals surface area contributed by atoms with Gasteiger partial charge in [0.25, 0.3) is 0 Å². The van der Waals surface area contributed by atoms with Crippen LogP contribution in [0.1, 0.15) is 106 Å². The van der Waals surface area contributed by atoms with Gasteiger partial charge < -0.3 is 50.3 Å². The number of fused-ring (bicyclic) bond motifs is 3. The summed E-state index contributed by atoms with van der Waals surface area (Å²) in [5.41, 5.74) is -2.08. The van der Waals surface area contributed by atoms with E-state index in [1.807, 2.05) is 0 Å². The van der Waals surface area contributed by atoms with Gasteiger partial charge >= 0.3 is 0 Å². The Labute approximate surface area is 274 Å². The Morgan fingerprint density at radius 1 is 0.891 bits per heavy atom. The van der Waals surface area contributed by atoms with Crippen molar-refractivity contribution in [3.8, 4) is 0 Å². The molecule has 0 aromatic rings. The van der Waals surface area contributed by atoms with Crippen LogP contribution in [-0.2, 0) is 9.47 Å². The largest absolute Gasteiger partial charge is 0.394 e. The summed E-state index contributed by atoms with van der Waals surface area (Å²) in [5, 5.41) is 85.2. The van der Waals surface area contributed by atoms with Gasteiger partial charge in [-0.25, -0.2) is 0 Å². The summed E-state index contributed by atoms with van der Waals surface area (Å²) in [6.07, 6.45) is -1.90. The molecule has 5 saturated carbocycles. The molecule has 0 radical (unpaired) electrons. The molecule has 266 valence electrons. The molecule has 6 fully saturated rings. The lowest BCUT2D eigenvalue weighted by Gasteiger charge is -2.69. The number of aliphatic hydroxyl groups excluding tert-OH is 7. The molecule has 0 unspecified atom stereocenters. The molecular formula is C36H62O10. The molecule has 1 heterocycles. The Bertz CT molecular complexity index is 1140. The van der Waals surface area contributed by atoms with Gasteiger partial charge in [0.2, 0.25) is 0 Å². The molecule has 46 heavy (non-hydrogen) atoms. The molecule has 6 rings (SSSR count). The molecule has 0 bridgehead atoms. The second kappa shape index (κ2) is 11.3. The first kappa shape index (κ1) is 35.4. The smallest absolute Gasteiger partial charge is 0.186 e. The van der Waals surface area contributed by atoms with Gasteiger partial charge in [-0.1, -0.05) is 34.6 Å². The molecule has 5 aliphatic carbocycles. The second-order valence-corrected chi connectivity index (χ2v) is 18.3. The molecule has 1 aliphatic heterocycles. The van der Waals surface area contributed by atoms with Crippen LogP contribution in [-0.4, -0.2) is 108 Å². The summed E-state index contributed by atoms with van der Waals surface area (Å²) < 4.78 is 12.8. The van der Waals surface area contributed by atoms with Gasteiger partial charge in [0, 0.05) is 5.41 Å². The van der Waals surface area contributed by atoms with Gasteiger partial charge in [-0.3, -0.25) is 0 Å². The summed E-state index contributed by atoms with van der Waals surface area (Å²) in [4.78, 5) is 0. The lowest BCUT2D eigenvalue weighted by Crippen LogP contribution is -2.68. The van der Waals surface area contributed by atoms with Gasteiger partial charge in [0.1, 0.15) is 30.5 Å². The highest BCUT2D eigenvalue weighted by Gasteiger charge is 2.85. The van der Waals surface area contributed by atoms with Crippen LogP contribution in [0.15, 0.2) is 0 Å². The average Bonchev–Trinajstić information content (AvgIpc) is 3.55. The van der Waals surface area contributed by atoms with E-state index in [-0.39, 0.29) is 50.9 Å². The van der Waals surface area contributed by atoms with Gasteiger partial charge in [0.05, 0.1) is 30.5 Å². The van der Waals surface area contributed by atoms with Crippen molar-refractivity contribution in [3.05, 3.63) is 0 Å². The molecule has 10 nitrogen and oxygen atoms in total. The summed E-state index contributed by atoms with van der Waals surface area (Å²) in [6.45, 7) is 13.8. The molecule has 10 heteroatoms. The monoisotopic (exact) mass is 654 g/mol. The standard InChI is InChI=1S/C36H62O10/c1-18(14-20(38)29(43)32(4,5)44)19-8-13-36-17-35(19,36)12-9-22-33(6)11-10-24(39)31(2,3)23(33)15-25(34(22,36)7)46-30-28(42)27(41)26(40)21(16-37)45-30/h18-30,37-44H,8-17H2,1-7H3/t18-,19-,20+,21+,22+,23-,24+,25+,26+,27-,28+,29-,30-,33+,34-,35+,36+/m0/s1. The highest BCUT2D eigenvalue weighted by molar-refractivity contribution is 5.33. The molecule has 0 aromatic carbocycles. The first-order valence-corrected chi connectivity index (χ1v) is 18.0. The van der Waals surface area contributed by atoms with Crippen LogP contribution in [0.5, 0.6) is 0 Å². The van der Waals surface area contributed by atoms with E-state index in [2.05, 4.69) is 34.6 Å². The van der Waals surface area contributed by atoms with Crippen LogP contribution in [0.2, 0.25) is 0 Å². The van der Waals surface area contributed by atoms with Crippen molar-refractivity contribution in [2.45, 2.75) is 167 Å². The van der Waals surface area contributed by atoms with Crippen molar-refractivity contribution in [2.24, 2.45) is 50.7 Å². The predicted octanol–water partition coefficient (Wildman–Crippen LogP) is 2.10. The quantitative estimate of drug-likeness (QED) is 0.181. The van der Waals surface area contributed by atoms with Crippen molar-refractivity contribution in [1.29, 1.82) is 0 Å². The van der Waals surface area contributed by atoms with E-state index in [0.29, 0.717) is 18.8 Å². The number of rotatable bonds is 8. The normalized spacial score (nSPS) is 53.3. The van der Waals surface area contributed by atoms with Crippen LogP contribution >= 0.6 is 0 Å². The Hall–Kier alpha value is -0.400. The van der Waals surface area contributed by atoms with Crippen molar-refractivity contribution in [2.75, 3.05) is 6.61 Å². The van der Waals surface area contributed by atoms with Crippen molar-refractivity contribution < 1.29 is 50.3 Å². The lowest BCUT2D eigenvalue weighted by atomic mass is 9.37. The minimum atomic E-state index is -1.52. The van der Waals surface area contributed by atoms with E-state index in [1.165, 1.54) is 13.8 Å². The third-order valence-electron chi connectivity index (χ3n) is 15.6. The average molecular weight is 655 g/mol. The summed E-state index contributed by atoms with van der Waals surface area (Å²) >= 11 is 0. The van der Waals surface area contributed by atoms with E-state index in [0.717, 1.165) is 44.9 Å². The summed E-state index contributed by atoms with van der Waals surface area (Å²) in [7, 11) is 0. The zero-order valence-electron chi connectivity index (χ0n) is 29.0. The maximum Gasteiger partial charge on any atom is 0.186 e. The van der Waals surface area contributed by atoms with Crippen LogP contribution in [0.25, 0.3) is 0 Å². The van der Waals surface area contributed by atoms with E-state index in [1.54, 1.807) is 0 Å². The number of hydrogen-bond donors (Lipinski definition) is 8. The Morgan fingerprint density at radius 3 is 2.20 bits per heavy atom. The van der Waals surface area contributed by atoms with E-state index in [9.17, 15) is 40.9 Å². The fourth-order valence-electron chi connectivity index (χ4n) is 13.1. The Morgan fingerprint density at radius 2 is 1.57 bits per heavy atom. The minimum absolute atomic E-state index is 0.0331. The van der Waals surface area contributed by atoms with Crippen LogP contribution < -0.4 is 0 Å². The van der Waals surface area contributed by atoms with Crippen LogP contribution in [0, 0.1) is 50.7 Å². The SMILES string of the molecule is C[C@@H](C[C@@H](O)[C@H](O)C(C)(C)O)[C@@H]1CC[C@]23C[C@]12CC[C@@H]1[C@@]2(C)CC[C@@H](O)C(C)(C)[C@@H]2C[C@@H](O[C@@H]2O[C@H](CO)[C@@H](O)[C@H](O)[C@H]2O)[C@]13C. The molecule has 6 aliphatic rings.